The average molecular weight is 307 g/mol. The van der Waals surface area contributed by atoms with Gasteiger partial charge in [-0.3, -0.25) is 9.59 Å². The van der Waals surface area contributed by atoms with Crippen LogP contribution in [0.15, 0.2) is 41.8 Å². The summed E-state index contributed by atoms with van der Waals surface area (Å²) in [4.78, 5) is 25.6. The fourth-order valence-corrected chi connectivity index (χ4v) is 2.92. The molecule has 1 aromatic heterocycles. The Bertz CT molecular complexity index is 587. The maximum Gasteiger partial charge on any atom is 0.183 e. The molecule has 0 fully saturated rings. The van der Waals surface area contributed by atoms with E-state index in [9.17, 15) is 9.59 Å². The number of Topliss-reactive ketones (excluding diaryl/α,β-unsaturated/α-hetero) is 2. The zero-order valence-electron chi connectivity index (χ0n) is 11.1. The maximum absolute atomic E-state index is 12.5. The lowest BCUT2D eigenvalue weighted by molar-refractivity contribution is 0.0801. The zero-order valence-corrected chi connectivity index (χ0v) is 12.7. The number of rotatable bonds is 6. The minimum atomic E-state index is -0.597. The summed E-state index contributed by atoms with van der Waals surface area (Å²) < 4.78 is 0. The first-order valence-corrected chi connectivity index (χ1v) is 7.76. The van der Waals surface area contributed by atoms with Crippen LogP contribution in [-0.2, 0) is 0 Å². The standard InChI is InChI=1S/C16H15ClO2S/c1-2-4-13(16(19)14-5-3-10-20-14)15(18)11-6-8-12(17)9-7-11/h3,5-10,13H,2,4H2,1H3/t13-/m1/s1. The lowest BCUT2D eigenvalue weighted by Gasteiger charge is -2.13. The highest BCUT2D eigenvalue weighted by Crippen LogP contribution is 2.23. The van der Waals surface area contributed by atoms with Gasteiger partial charge in [0.2, 0.25) is 0 Å². The van der Waals surface area contributed by atoms with E-state index in [0.717, 1.165) is 6.42 Å². The summed E-state index contributed by atoms with van der Waals surface area (Å²) in [7, 11) is 0. The predicted molar refractivity (Wildman–Crippen MR) is 82.8 cm³/mol. The molecule has 0 radical (unpaired) electrons. The van der Waals surface area contributed by atoms with E-state index in [4.69, 9.17) is 11.6 Å². The highest BCUT2D eigenvalue weighted by molar-refractivity contribution is 7.12. The molecule has 104 valence electrons. The van der Waals surface area contributed by atoms with Crippen LogP contribution in [0, 0.1) is 5.92 Å². The molecule has 1 atom stereocenters. The summed E-state index contributed by atoms with van der Waals surface area (Å²) in [6.07, 6.45) is 1.36. The molecule has 0 aliphatic carbocycles. The van der Waals surface area contributed by atoms with Gasteiger partial charge in [-0.05, 0) is 42.1 Å². The van der Waals surface area contributed by atoms with Gasteiger partial charge in [0, 0.05) is 10.6 Å². The van der Waals surface area contributed by atoms with Crippen molar-refractivity contribution in [1.29, 1.82) is 0 Å². The first kappa shape index (κ1) is 14.9. The van der Waals surface area contributed by atoms with Crippen molar-refractivity contribution >= 4 is 34.5 Å². The van der Waals surface area contributed by atoms with E-state index in [1.165, 1.54) is 11.3 Å². The Kier molecular flexibility index (Phi) is 5.10. The van der Waals surface area contributed by atoms with Crippen LogP contribution < -0.4 is 0 Å². The Morgan fingerprint density at radius 3 is 2.40 bits per heavy atom. The van der Waals surface area contributed by atoms with Crippen LogP contribution in [0.1, 0.15) is 39.8 Å². The van der Waals surface area contributed by atoms with Crippen molar-refractivity contribution in [2.75, 3.05) is 0 Å². The minimum absolute atomic E-state index is 0.0817. The molecule has 0 amide bonds. The van der Waals surface area contributed by atoms with Crippen LogP contribution in [0.2, 0.25) is 5.02 Å². The molecule has 4 heteroatoms. The monoisotopic (exact) mass is 306 g/mol. The molecule has 0 spiro atoms. The Labute approximate surface area is 127 Å². The third-order valence-corrected chi connectivity index (χ3v) is 4.24. The van der Waals surface area contributed by atoms with Crippen LogP contribution in [0.25, 0.3) is 0 Å². The second-order valence-corrected chi connectivity index (χ2v) is 5.94. The van der Waals surface area contributed by atoms with Gasteiger partial charge in [0.1, 0.15) is 0 Å². The van der Waals surface area contributed by atoms with Gasteiger partial charge in [-0.25, -0.2) is 0 Å². The third kappa shape index (κ3) is 3.35. The van der Waals surface area contributed by atoms with Crippen LogP contribution in [0.3, 0.4) is 0 Å². The second-order valence-electron chi connectivity index (χ2n) is 4.55. The maximum atomic E-state index is 12.5. The van der Waals surface area contributed by atoms with Gasteiger partial charge < -0.3 is 0 Å². The van der Waals surface area contributed by atoms with E-state index >= 15 is 0 Å². The summed E-state index contributed by atoms with van der Waals surface area (Å²) in [5.41, 5.74) is 0.540. The summed E-state index contributed by atoms with van der Waals surface area (Å²) in [6.45, 7) is 1.98. The van der Waals surface area contributed by atoms with Gasteiger partial charge in [0.05, 0.1) is 10.8 Å². The summed E-state index contributed by atoms with van der Waals surface area (Å²) in [6, 6.07) is 10.3. The number of carbonyl (C=O) groups is 2. The van der Waals surface area contributed by atoms with E-state index in [-0.39, 0.29) is 11.6 Å². The Hall–Kier alpha value is -1.45. The largest absolute Gasteiger partial charge is 0.293 e. The molecule has 2 rings (SSSR count). The Morgan fingerprint density at radius 2 is 1.85 bits per heavy atom. The number of thiophene rings is 1. The van der Waals surface area contributed by atoms with Gasteiger partial charge in [0.15, 0.2) is 11.6 Å². The molecular formula is C16H15ClO2S. The molecule has 0 aliphatic rings. The van der Waals surface area contributed by atoms with Gasteiger partial charge in [-0.2, -0.15) is 0 Å². The van der Waals surface area contributed by atoms with Crippen molar-refractivity contribution in [3.05, 3.63) is 57.2 Å². The number of hydrogen-bond donors (Lipinski definition) is 0. The number of ketones is 2. The van der Waals surface area contributed by atoms with Gasteiger partial charge >= 0.3 is 0 Å². The van der Waals surface area contributed by atoms with Gasteiger partial charge in [-0.15, -0.1) is 11.3 Å². The molecule has 1 heterocycles. The molecule has 0 unspecified atom stereocenters. The van der Waals surface area contributed by atoms with E-state index in [2.05, 4.69) is 0 Å². The smallest absolute Gasteiger partial charge is 0.183 e. The highest BCUT2D eigenvalue weighted by Gasteiger charge is 2.28. The Balaban J connectivity index is 2.26. The number of halogens is 1. The SMILES string of the molecule is CCC[C@H](C(=O)c1ccc(Cl)cc1)C(=O)c1cccs1. The fourth-order valence-electron chi connectivity index (χ4n) is 2.08. The van der Waals surface area contributed by atoms with Crippen molar-refractivity contribution in [3.63, 3.8) is 0 Å². The number of hydrogen-bond acceptors (Lipinski definition) is 3. The quantitative estimate of drug-likeness (QED) is 0.563. The molecular weight excluding hydrogens is 292 g/mol. The molecule has 0 N–H and O–H groups in total. The van der Waals surface area contributed by atoms with Crippen molar-refractivity contribution in [2.24, 2.45) is 5.92 Å². The first-order valence-electron chi connectivity index (χ1n) is 6.51. The highest BCUT2D eigenvalue weighted by atomic mass is 35.5. The topological polar surface area (TPSA) is 34.1 Å². The fraction of sp³-hybridized carbons (Fsp3) is 0.250. The third-order valence-electron chi connectivity index (χ3n) is 3.10. The first-order chi connectivity index (χ1) is 9.63. The van der Waals surface area contributed by atoms with Crippen LogP contribution in [0.5, 0.6) is 0 Å². The molecule has 2 aromatic rings. The summed E-state index contributed by atoms with van der Waals surface area (Å²) in [5, 5.41) is 2.43. The van der Waals surface area contributed by atoms with Crippen molar-refractivity contribution in [3.8, 4) is 0 Å². The van der Waals surface area contributed by atoms with E-state index in [0.29, 0.717) is 21.9 Å². The molecule has 1 aromatic carbocycles. The number of carbonyl (C=O) groups excluding carboxylic acids is 2. The van der Waals surface area contributed by atoms with Crippen LogP contribution >= 0.6 is 22.9 Å². The van der Waals surface area contributed by atoms with Crippen LogP contribution in [-0.4, -0.2) is 11.6 Å². The summed E-state index contributed by atoms with van der Waals surface area (Å²) >= 11 is 7.20. The normalized spacial score (nSPS) is 12.1. The number of benzene rings is 1. The molecule has 2 nitrogen and oxygen atoms in total. The average Bonchev–Trinajstić information content (AvgIpc) is 2.98. The van der Waals surface area contributed by atoms with Crippen molar-refractivity contribution in [2.45, 2.75) is 19.8 Å². The van der Waals surface area contributed by atoms with E-state index in [1.807, 2.05) is 18.4 Å². The molecule has 0 saturated heterocycles. The van der Waals surface area contributed by atoms with Gasteiger partial charge in [-0.1, -0.05) is 31.0 Å². The predicted octanol–water partition coefficient (Wildman–Crippen LogP) is 4.88. The molecule has 0 bridgehead atoms. The van der Waals surface area contributed by atoms with E-state index < -0.39 is 5.92 Å². The second kappa shape index (κ2) is 6.82. The van der Waals surface area contributed by atoms with Crippen molar-refractivity contribution < 1.29 is 9.59 Å². The molecule has 0 aliphatic heterocycles. The Morgan fingerprint density at radius 1 is 1.15 bits per heavy atom. The minimum Gasteiger partial charge on any atom is -0.293 e. The zero-order chi connectivity index (χ0) is 14.5. The lowest BCUT2D eigenvalue weighted by Crippen LogP contribution is -2.23. The molecule has 20 heavy (non-hydrogen) atoms. The molecule has 0 saturated carbocycles. The van der Waals surface area contributed by atoms with Gasteiger partial charge in [0.25, 0.3) is 0 Å². The summed E-state index contributed by atoms with van der Waals surface area (Å²) in [5.74, 6) is -0.802. The van der Waals surface area contributed by atoms with Crippen molar-refractivity contribution in [1.82, 2.24) is 0 Å². The lowest BCUT2D eigenvalue weighted by atomic mass is 9.89. The van der Waals surface area contributed by atoms with E-state index in [1.54, 1.807) is 30.3 Å². The van der Waals surface area contributed by atoms with Crippen LogP contribution in [0.4, 0.5) is 0 Å².